The molecule has 5 nitrogen and oxygen atoms in total. The number of halogens is 2. The summed E-state index contributed by atoms with van der Waals surface area (Å²) in [4.78, 5) is 20.8. The van der Waals surface area contributed by atoms with E-state index in [1.807, 2.05) is 12.1 Å². The molecular weight excluding hydrogens is 410 g/mol. The highest BCUT2D eigenvalue weighted by molar-refractivity contribution is 5.90. The number of carbonyl (C=O) groups is 1. The van der Waals surface area contributed by atoms with Gasteiger partial charge in [-0.05, 0) is 85.4 Å². The van der Waals surface area contributed by atoms with Crippen molar-refractivity contribution in [1.82, 2.24) is 9.97 Å². The topological polar surface area (TPSA) is 78.7 Å². The van der Waals surface area contributed by atoms with Gasteiger partial charge in [0.15, 0.2) is 0 Å². The monoisotopic (exact) mass is 432 g/mol. The van der Waals surface area contributed by atoms with E-state index < -0.39 is 11.6 Å². The molecule has 2 unspecified atom stereocenters. The third kappa shape index (κ3) is 3.93. The van der Waals surface area contributed by atoms with Crippen LogP contribution >= 0.6 is 0 Å². The average molecular weight is 432 g/mol. The minimum atomic E-state index is -1.52. The van der Waals surface area contributed by atoms with Gasteiger partial charge in [0.2, 0.25) is 5.91 Å². The molecule has 1 N–H and O–H groups in total. The number of nitriles is 1. The predicted molar refractivity (Wildman–Crippen MR) is 116 cm³/mol. The van der Waals surface area contributed by atoms with Gasteiger partial charge in [-0.3, -0.25) is 9.78 Å². The largest absolute Gasteiger partial charge is 0.311 e. The second-order valence-electron chi connectivity index (χ2n) is 9.08. The Morgan fingerprint density at radius 3 is 2.62 bits per heavy atom. The average Bonchev–Trinajstić information content (AvgIpc) is 3.28. The first-order valence-electron chi connectivity index (χ1n) is 10.8. The Labute approximate surface area is 184 Å². The number of alkyl halides is 1. The molecule has 2 fully saturated rings. The number of fused-ring (bicyclic) bond motifs is 2. The third-order valence-electron chi connectivity index (χ3n) is 6.91. The standard InChI is InChI=1S/C25H22F2N4O/c26-19-2-3-22-21(9-19)20(5-6-29-22)16-7-17-10-25(27,11-18(17)8-16)12-24(32)31-23-4-1-15(13-28)14-30-23/h1-6,9,14,16-18H,7-8,10-12H2,(H,30,31,32)/t16?,17-,18+,25?. The minimum absolute atomic E-state index is 0.199. The van der Waals surface area contributed by atoms with Crippen molar-refractivity contribution < 1.29 is 13.6 Å². The van der Waals surface area contributed by atoms with Crippen LogP contribution in [0.2, 0.25) is 0 Å². The van der Waals surface area contributed by atoms with Gasteiger partial charge < -0.3 is 5.32 Å². The van der Waals surface area contributed by atoms with Gasteiger partial charge in [-0.2, -0.15) is 5.26 Å². The van der Waals surface area contributed by atoms with E-state index in [4.69, 9.17) is 5.26 Å². The van der Waals surface area contributed by atoms with E-state index in [0.717, 1.165) is 29.3 Å². The first-order chi connectivity index (χ1) is 15.4. The molecule has 0 spiro atoms. The van der Waals surface area contributed by atoms with Crippen LogP contribution in [0.5, 0.6) is 0 Å². The van der Waals surface area contributed by atoms with Crippen LogP contribution in [0.15, 0.2) is 48.8 Å². The lowest BCUT2D eigenvalue weighted by Crippen LogP contribution is -2.28. The molecule has 2 aliphatic carbocycles. The number of hydrogen-bond acceptors (Lipinski definition) is 4. The van der Waals surface area contributed by atoms with Crippen LogP contribution in [0, 0.1) is 29.0 Å². The van der Waals surface area contributed by atoms with Crippen LogP contribution in [0.4, 0.5) is 14.6 Å². The molecule has 0 bridgehead atoms. The van der Waals surface area contributed by atoms with Crippen molar-refractivity contribution in [3.05, 3.63) is 65.7 Å². The van der Waals surface area contributed by atoms with Gasteiger partial charge in [0.1, 0.15) is 23.4 Å². The summed E-state index contributed by atoms with van der Waals surface area (Å²) in [6.07, 6.45) is 5.32. The Balaban J connectivity index is 1.24. The first-order valence-corrected chi connectivity index (χ1v) is 10.8. The van der Waals surface area contributed by atoms with Gasteiger partial charge in [0.05, 0.1) is 17.5 Å². The smallest absolute Gasteiger partial charge is 0.228 e. The van der Waals surface area contributed by atoms with Crippen LogP contribution in [0.1, 0.15) is 49.1 Å². The summed E-state index contributed by atoms with van der Waals surface area (Å²) in [5.74, 6) is 0.295. The molecule has 4 atom stereocenters. The molecule has 32 heavy (non-hydrogen) atoms. The summed E-state index contributed by atoms with van der Waals surface area (Å²) in [6.45, 7) is 0. The lowest BCUT2D eigenvalue weighted by Gasteiger charge is -2.22. The number of hydrogen-bond donors (Lipinski definition) is 1. The van der Waals surface area contributed by atoms with Crippen LogP contribution < -0.4 is 5.32 Å². The fraction of sp³-hybridized carbons (Fsp3) is 0.360. The molecule has 2 aromatic heterocycles. The Morgan fingerprint density at radius 2 is 1.94 bits per heavy atom. The molecule has 5 rings (SSSR count). The van der Waals surface area contributed by atoms with E-state index >= 15 is 4.39 Å². The van der Waals surface area contributed by atoms with Gasteiger partial charge in [-0.1, -0.05) is 0 Å². The third-order valence-corrected chi connectivity index (χ3v) is 6.91. The zero-order chi connectivity index (χ0) is 22.3. The number of benzene rings is 1. The summed E-state index contributed by atoms with van der Waals surface area (Å²) in [6, 6.07) is 11.7. The maximum absolute atomic E-state index is 15.6. The number of nitrogens with zero attached hydrogens (tertiary/aromatic N) is 3. The number of carbonyl (C=O) groups excluding carboxylic acids is 1. The highest BCUT2D eigenvalue weighted by Crippen LogP contribution is 2.56. The van der Waals surface area contributed by atoms with Gasteiger partial charge in [-0.15, -0.1) is 0 Å². The summed E-state index contributed by atoms with van der Waals surface area (Å²) >= 11 is 0. The van der Waals surface area contributed by atoms with Crippen molar-refractivity contribution >= 4 is 22.6 Å². The van der Waals surface area contributed by atoms with E-state index in [-0.39, 0.29) is 30.0 Å². The van der Waals surface area contributed by atoms with Crippen LogP contribution in [0.25, 0.3) is 10.9 Å². The van der Waals surface area contributed by atoms with Crippen LogP contribution in [-0.2, 0) is 4.79 Å². The first kappa shape index (κ1) is 20.5. The van der Waals surface area contributed by atoms with Crippen molar-refractivity contribution in [2.75, 3.05) is 5.32 Å². The molecular formula is C25H22F2N4O. The maximum atomic E-state index is 15.6. The van der Waals surface area contributed by atoms with Crippen molar-refractivity contribution in [3.63, 3.8) is 0 Å². The zero-order valence-electron chi connectivity index (χ0n) is 17.4. The van der Waals surface area contributed by atoms with Crippen molar-refractivity contribution in [3.8, 4) is 6.07 Å². The molecule has 2 heterocycles. The number of rotatable bonds is 4. The SMILES string of the molecule is N#Cc1ccc(NC(=O)CC2(F)C[C@H]3CC(c4ccnc5ccc(F)cc45)C[C@H]3C2)nc1. The fourth-order valence-corrected chi connectivity index (χ4v) is 5.64. The number of pyridine rings is 2. The minimum Gasteiger partial charge on any atom is -0.311 e. The van der Waals surface area contributed by atoms with Crippen LogP contribution in [0.3, 0.4) is 0 Å². The highest BCUT2D eigenvalue weighted by Gasteiger charge is 2.51. The lowest BCUT2D eigenvalue weighted by molar-refractivity contribution is -0.118. The van der Waals surface area contributed by atoms with Gasteiger partial charge >= 0.3 is 0 Å². The molecule has 3 aromatic rings. The van der Waals surface area contributed by atoms with Gasteiger partial charge in [0.25, 0.3) is 0 Å². The zero-order valence-corrected chi connectivity index (χ0v) is 17.4. The van der Waals surface area contributed by atoms with Crippen LogP contribution in [-0.4, -0.2) is 21.5 Å². The molecule has 1 aromatic carbocycles. The Kier molecular flexibility index (Phi) is 5.09. The van der Waals surface area contributed by atoms with E-state index in [1.54, 1.807) is 18.3 Å². The van der Waals surface area contributed by atoms with Crippen molar-refractivity contribution in [2.45, 2.75) is 43.7 Å². The molecule has 2 saturated carbocycles. The molecule has 1 amide bonds. The van der Waals surface area contributed by atoms with Crippen molar-refractivity contribution in [2.24, 2.45) is 11.8 Å². The summed E-state index contributed by atoms with van der Waals surface area (Å²) < 4.78 is 29.4. The second kappa shape index (κ2) is 7.94. The Morgan fingerprint density at radius 1 is 1.16 bits per heavy atom. The van der Waals surface area contributed by atoms with E-state index in [0.29, 0.717) is 24.2 Å². The van der Waals surface area contributed by atoms with E-state index in [2.05, 4.69) is 15.3 Å². The number of aromatic nitrogens is 2. The van der Waals surface area contributed by atoms with Crippen molar-refractivity contribution in [1.29, 1.82) is 5.26 Å². The molecule has 2 aliphatic rings. The number of amides is 1. The quantitative estimate of drug-likeness (QED) is 0.608. The second-order valence-corrected chi connectivity index (χ2v) is 9.08. The molecule has 0 saturated heterocycles. The molecule has 162 valence electrons. The molecule has 0 aliphatic heterocycles. The number of anilines is 1. The highest BCUT2D eigenvalue weighted by atomic mass is 19.1. The Bertz CT molecular complexity index is 1210. The predicted octanol–water partition coefficient (Wildman–Crippen LogP) is 5.28. The summed E-state index contributed by atoms with van der Waals surface area (Å²) in [5, 5.41) is 12.3. The Hall–Kier alpha value is -3.40. The van der Waals surface area contributed by atoms with Gasteiger partial charge in [-0.25, -0.2) is 13.8 Å². The summed E-state index contributed by atoms with van der Waals surface area (Å²) in [5.41, 5.74) is 0.725. The number of nitrogens with one attached hydrogen (secondary N) is 1. The molecule has 0 radical (unpaired) electrons. The molecule has 7 heteroatoms. The van der Waals surface area contributed by atoms with Gasteiger partial charge in [0, 0.05) is 17.8 Å². The summed E-state index contributed by atoms with van der Waals surface area (Å²) in [7, 11) is 0. The van der Waals surface area contributed by atoms with E-state index in [1.165, 1.54) is 24.4 Å². The fourth-order valence-electron chi connectivity index (χ4n) is 5.64. The maximum Gasteiger partial charge on any atom is 0.228 e. The normalized spacial score (nSPS) is 26.6. The lowest BCUT2D eigenvalue weighted by atomic mass is 9.88. The van der Waals surface area contributed by atoms with E-state index in [9.17, 15) is 9.18 Å².